The van der Waals surface area contributed by atoms with Crippen LogP contribution in [-0.2, 0) is 0 Å². The maximum absolute atomic E-state index is 5.78. The third-order valence-corrected chi connectivity index (χ3v) is 2.83. The molecule has 1 aromatic heterocycles. The summed E-state index contributed by atoms with van der Waals surface area (Å²) in [5.74, 6) is 4.22. The maximum Gasteiger partial charge on any atom is 0.244 e. The minimum absolute atomic E-state index is 0.322. The van der Waals surface area contributed by atoms with E-state index in [1.54, 1.807) is 0 Å². The summed E-state index contributed by atoms with van der Waals surface area (Å²) in [5, 5.41) is 3.97. The summed E-state index contributed by atoms with van der Waals surface area (Å²) >= 11 is 0. The number of hydrogen-bond donors (Lipinski definition) is 1. The molecule has 1 aliphatic rings. The van der Waals surface area contributed by atoms with Crippen LogP contribution in [0.3, 0.4) is 0 Å². The Labute approximate surface area is 89.2 Å². The van der Waals surface area contributed by atoms with Crippen LogP contribution in [-0.4, -0.2) is 10.1 Å². The van der Waals surface area contributed by atoms with E-state index >= 15 is 0 Å². The Hall–Kier alpha value is -1.34. The molecule has 1 aliphatic carbocycles. The van der Waals surface area contributed by atoms with Crippen molar-refractivity contribution in [1.82, 2.24) is 10.1 Å². The van der Waals surface area contributed by atoms with Gasteiger partial charge < -0.3 is 10.3 Å². The molecule has 0 saturated heterocycles. The summed E-state index contributed by atoms with van der Waals surface area (Å²) in [7, 11) is 0. The lowest BCUT2D eigenvalue weighted by Gasteiger charge is -2.01. The van der Waals surface area contributed by atoms with Gasteiger partial charge in [0.1, 0.15) is 0 Å². The average molecular weight is 205 g/mol. The van der Waals surface area contributed by atoms with Crippen molar-refractivity contribution in [1.29, 1.82) is 0 Å². The molecular formula is C11H15N3O. The minimum atomic E-state index is -0.322. The SMILES string of the molecule is C#CCC(N)c1nc(C2CCCC2)no1. The van der Waals surface area contributed by atoms with Crippen LogP contribution in [0.1, 0.15) is 55.8 Å². The van der Waals surface area contributed by atoms with Gasteiger partial charge in [-0.2, -0.15) is 4.98 Å². The van der Waals surface area contributed by atoms with Gasteiger partial charge in [-0.25, -0.2) is 0 Å². The van der Waals surface area contributed by atoms with E-state index < -0.39 is 0 Å². The maximum atomic E-state index is 5.78. The lowest BCUT2D eigenvalue weighted by atomic mass is 10.1. The second kappa shape index (κ2) is 4.45. The number of terminal acetylenes is 1. The van der Waals surface area contributed by atoms with Gasteiger partial charge in [0, 0.05) is 12.3 Å². The van der Waals surface area contributed by atoms with E-state index in [1.807, 2.05) is 0 Å². The zero-order valence-electron chi connectivity index (χ0n) is 8.65. The quantitative estimate of drug-likeness (QED) is 0.763. The number of nitrogens with two attached hydrogens (primary N) is 1. The van der Waals surface area contributed by atoms with Crippen LogP contribution >= 0.6 is 0 Å². The fraction of sp³-hybridized carbons (Fsp3) is 0.636. The lowest BCUT2D eigenvalue weighted by molar-refractivity contribution is 0.350. The topological polar surface area (TPSA) is 64.9 Å². The normalized spacial score (nSPS) is 18.9. The first-order valence-corrected chi connectivity index (χ1v) is 5.34. The Bertz CT molecular complexity index is 360. The highest BCUT2D eigenvalue weighted by Crippen LogP contribution is 2.32. The monoisotopic (exact) mass is 205 g/mol. The zero-order chi connectivity index (χ0) is 10.7. The van der Waals surface area contributed by atoms with Gasteiger partial charge in [-0.05, 0) is 12.8 Å². The second-order valence-corrected chi connectivity index (χ2v) is 3.99. The smallest absolute Gasteiger partial charge is 0.244 e. The van der Waals surface area contributed by atoms with Gasteiger partial charge in [0.05, 0.1) is 6.04 Å². The number of aromatic nitrogens is 2. The van der Waals surface area contributed by atoms with Gasteiger partial charge in [-0.15, -0.1) is 12.3 Å². The molecular weight excluding hydrogens is 190 g/mol. The Morgan fingerprint density at radius 2 is 2.27 bits per heavy atom. The molecule has 0 bridgehead atoms. The van der Waals surface area contributed by atoms with Crippen molar-refractivity contribution in [2.75, 3.05) is 0 Å². The van der Waals surface area contributed by atoms with Crippen LogP contribution in [0.5, 0.6) is 0 Å². The van der Waals surface area contributed by atoms with E-state index in [1.165, 1.54) is 12.8 Å². The molecule has 1 atom stereocenters. The van der Waals surface area contributed by atoms with Crippen LogP contribution < -0.4 is 5.73 Å². The van der Waals surface area contributed by atoms with Crippen molar-refractivity contribution in [2.45, 2.75) is 44.1 Å². The van der Waals surface area contributed by atoms with E-state index in [4.69, 9.17) is 16.7 Å². The van der Waals surface area contributed by atoms with E-state index in [0.717, 1.165) is 18.7 Å². The fourth-order valence-corrected chi connectivity index (χ4v) is 1.96. The summed E-state index contributed by atoms with van der Waals surface area (Å²) < 4.78 is 5.11. The van der Waals surface area contributed by atoms with Gasteiger partial charge >= 0.3 is 0 Å². The molecule has 1 saturated carbocycles. The Balaban J connectivity index is 2.06. The molecule has 0 amide bonds. The first-order chi connectivity index (χ1) is 7.31. The van der Waals surface area contributed by atoms with Crippen molar-refractivity contribution < 1.29 is 4.52 Å². The number of nitrogens with zero attached hydrogens (tertiary/aromatic N) is 2. The molecule has 4 heteroatoms. The standard InChI is InChI=1S/C11H15N3O/c1-2-5-9(12)11-13-10(14-15-11)8-6-3-4-7-8/h1,8-9H,3-7,12H2. The lowest BCUT2D eigenvalue weighted by Crippen LogP contribution is -2.09. The first kappa shape index (κ1) is 10.2. The van der Waals surface area contributed by atoms with Gasteiger partial charge in [0.15, 0.2) is 5.82 Å². The molecule has 4 nitrogen and oxygen atoms in total. The van der Waals surface area contributed by atoms with Gasteiger partial charge in [0.2, 0.25) is 5.89 Å². The molecule has 1 aromatic rings. The second-order valence-electron chi connectivity index (χ2n) is 3.99. The first-order valence-electron chi connectivity index (χ1n) is 5.34. The average Bonchev–Trinajstić information content (AvgIpc) is 2.89. The van der Waals surface area contributed by atoms with Crippen molar-refractivity contribution in [3.63, 3.8) is 0 Å². The van der Waals surface area contributed by atoms with Crippen LogP contribution in [0.25, 0.3) is 0 Å². The summed E-state index contributed by atoms with van der Waals surface area (Å²) in [5.41, 5.74) is 5.78. The third kappa shape index (κ3) is 2.18. The molecule has 1 unspecified atom stereocenters. The van der Waals surface area contributed by atoms with Gasteiger partial charge in [-0.1, -0.05) is 18.0 Å². The van der Waals surface area contributed by atoms with E-state index in [2.05, 4.69) is 16.1 Å². The summed E-state index contributed by atoms with van der Waals surface area (Å²) in [4.78, 5) is 4.31. The molecule has 0 aromatic carbocycles. The highest BCUT2D eigenvalue weighted by atomic mass is 16.5. The largest absolute Gasteiger partial charge is 0.338 e. The fourth-order valence-electron chi connectivity index (χ4n) is 1.96. The molecule has 2 N–H and O–H groups in total. The van der Waals surface area contributed by atoms with Crippen LogP contribution in [0.15, 0.2) is 4.52 Å². The molecule has 0 radical (unpaired) electrons. The molecule has 15 heavy (non-hydrogen) atoms. The highest BCUT2D eigenvalue weighted by molar-refractivity contribution is 5.02. The molecule has 1 fully saturated rings. The molecule has 0 spiro atoms. The predicted octanol–water partition coefficient (Wildman–Crippen LogP) is 1.75. The van der Waals surface area contributed by atoms with Gasteiger partial charge in [-0.3, -0.25) is 0 Å². The Morgan fingerprint density at radius 3 is 2.93 bits per heavy atom. The van der Waals surface area contributed by atoms with E-state index in [9.17, 15) is 0 Å². The Morgan fingerprint density at radius 1 is 1.53 bits per heavy atom. The predicted molar refractivity (Wildman–Crippen MR) is 55.9 cm³/mol. The summed E-state index contributed by atoms with van der Waals surface area (Å²) in [6.07, 6.45) is 10.4. The van der Waals surface area contributed by atoms with Crippen molar-refractivity contribution >= 4 is 0 Å². The van der Waals surface area contributed by atoms with Crippen molar-refractivity contribution in [3.8, 4) is 12.3 Å². The summed E-state index contributed by atoms with van der Waals surface area (Å²) in [6.45, 7) is 0. The van der Waals surface area contributed by atoms with Crippen molar-refractivity contribution in [3.05, 3.63) is 11.7 Å². The number of rotatable bonds is 3. The zero-order valence-corrected chi connectivity index (χ0v) is 8.65. The molecule has 1 heterocycles. The van der Waals surface area contributed by atoms with Crippen LogP contribution in [0.4, 0.5) is 0 Å². The van der Waals surface area contributed by atoms with Crippen LogP contribution in [0, 0.1) is 12.3 Å². The molecule has 80 valence electrons. The minimum Gasteiger partial charge on any atom is -0.338 e. The third-order valence-electron chi connectivity index (χ3n) is 2.83. The van der Waals surface area contributed by atoms with Gasteiger partial charge in [0.25, 0.3) is 0 Å². The molecule has 0 aliphatic heterocycles. The number of hydrogen-bond acceptors (Lipinski definition) is 4. The molecule has 2 rings (SSSR count). The summed E-state index contributed by atoms with van der Waals surface area (Å²) in [6, 6.07) is -0.322. The van der Waals surface area contributed by atoms with E-state index in [-0.39, 0.29) is 6.04 Å². The Kier molecular flexibility index (Phi) is 3.02. The van der Waals surface area contributed by atoms with Crippen LogP contribution in [0.2, 0.25) is 0 Å². The highest BCUT2D eigenvalue weighted by Gasteiger charge is 2.23. The van der Waals surface area contributed by atoms with E-state index in [0.29, 0.717) is 18.2 Å². The van der Waals surface area contributed by atoms with Crippen molar-refractivity contribution in [2.24, 2.45) is 5.73 Å².